The Morgan fingerprint density at radius 2 is 1.90 bits per heavy atom. The Labute approximate surface area is 176 Å². The van der Waals surface area contributed by atoms with E-state index in [0.29, 0.717) is 28.7 Å². The van der Waals surface area contributed by atoms with Crippen molar-refractivity contribution in [2.45, 2.75) is 18.2 Å². The molecule has 0 N–H and O–H groups in total. The van der Waals surface area contributed by atoms with Gasteiger partial charge in [0.1, 0.15) is 0 Å². The van der Waals surface area contributed by atoms with Crippen LogP contribution in [0.3, 0.4) is 0 Å². The molecule has 0 aliphatic carbocycles. The molecule has 0 unspecified atom stereocenters. The van der Waals surface area contributed by atoms with Gasteiger partial charge >= 0.3 is 5.97 Å². The molecule has 2 aromatic rings. The summed E-state index contributed by atoms with van der Waals surface area (Å²) in [5.41, 5.74) is 0.642. The lowest BCUT2D eigenvalue weighted by atomic mass is 10.2. The fraction of sp³-hybridized carbons (Fsp3) is 0.286. The molecule has 0 fully saturated rings. The van der Waals surface area contributed by atoms with Gasteiger partial charge in [0.25, 0.3) is 0 Å². The average molecular weight is 439 g/mol. The first-order chi connectivity index (χ1) is 13.9. The fourth-order valence-electron chi connectivity index (χ4n) is 2.52. The van der Waals surface area contributed by atoms with Crippen molar-refractivity contribution >= 4 is 33.5 Å². The first-order valence-corrected chi connectivity index (χ1v) is 11.0. The van der Waals surface area contributed by atoms with Crippen LogP contribution in [0.2, 0.25) is 5.02 Å². The Bertz CT molecular complexity index is 955. The summed E-state index contributed by atoms with van der Waals surface area (Å²) in [7, 11) is -1.89. The summed E-state index contributed by atoms with van der Waals surface area (Å²) in [6, 6.07) is 11.5. The number of carbonyl (C=O) groups excluding carboxylic acids is 1. The highest BCUT2D eigenvalue weighted by Gasteiger charge is 2.14. The van der Waals surface area contributed by atoms with Gasteiger partial charge in [-0.1, -0.05) is 29.8 Å². The molecular formula is C21H23ClO6S. The van der Waals surface area contributed by atoms with Gasteiger partial charge < -0.3 is 14.2 Å². The maximum atomic E-state index is 12.2. The van der Waals surface area contributed by atoms with E-state index in [1.807, 2.05) is 6.92 Å². The Kier molecular flexibility index (Phi) is 8.54. The minimum Gasteiger partial charge on any atom is -0.491 e. The van der Waals surface area contributed by atoms with Crippen molar-refractivity contribution in [2.24, 2.45) is 0 Å². The molecule has 0 amide bonds. The second-order valence-electron chi connectivity index (χ2n) is 5.95. The van der Waals surface area contributed by atoms with Gasteiger partial charge in [-0.15, -0.1) is 0 Å². The van der Waals surface area contributed by atoms with E-state index < -0.39 is 15.8 Å². The molecule has 8 heteroatoms. The second-order valence-corrected chi connectivity index (χ2v) is 8.47. The zero-order valence-electron chi connectivity index (χ0n) is 16.3. The third-order valence-corrected chi connectivity index (χ3v) is 5.95. The molecule has 2 rings (SSSR count). The van der Waals surface area contributed by atoms with Crippen molar-refractivity contribution in [3.63, 3.8) is 0 Å². The van der Waals surface area contributed by atoms with Crippen LogP contribution in [0.4, 0.5) is 0 Å². The quantitative estimate of drug-likeness (QED) is 0.315. The Morgan fingerprint density at radius 1 is 1.17 bits per heavy atom. The average Bonchev–Trinajstić information content (AvgIpc) is 2.70. The minimum atomic E-state index is -3.38. The van der Waals surface area contributed by atoms with Gasteiger partial charge in [-0.25, -0.2) is 13.2 Å². The van der Waals surface area contributed by atoms with Crippen LogP contribution >= 0.6 is 11.6 Å². The van der Waals surface area contributed by atoms with E-state index in [1.54, 1.807) is 42.5 Å². The maximum absolute atomic E-state index is 12.2. The van der Waals surface area contributed by atoms with Crippen molar-refractivity contribution in [1.82, 2.24) is 0 Å². The number of carbonyl (C=O) groups is 1. The topological polar surface area (TPSA) is 78.9 Å². The zero-order chi connectivity index (χ0) is 21.3. The van der Waals surface area contributed by atoms with Gasteiger partial charge in [-0.05, 0) is 49.2 Å². The van der Waals surface area contributed by atoms with Crippen LogP contribution in [0.1, 0.15) is 18.9 Å². The van der Waals surface area contributed by atoms with Crippen molar-refractivity contribution in [2.75, 3.05) is 26.1 Å². The first kappa shape index (κ1) is 22.8. The number of benzene rings is 2. The lowest BCUT2D eigenvalue weighted by Crippen LogP contribution is -2.11. The van der Waals surface area contributed by atoms with Gasteiger partial charge in [-0.2, -0.15) is 0 Å². The van der Waals surface area contributed by atoms with Crippen molar-refractivity contribution in [3.05, 3.63) is 59.1 Å². The summed E-state index contributed by atoms with van der Waals surface area (Å²) in [5.74, 6) is 0.223. The monoisotopic (exact) mass is 438 g/mol. The lowest BCUT2D eigenvalue weighted by molar-refractivity contribution is -0.137. The molecule has 0 saturated heterocycles. The van der Waals surface area contributed by atoms with E-state index in [-0.39, 0.29) is 23.7 Å². The van der Waals surface area contributed by atoms with Crippen molar-refractivity contribution in [3.8, 4) is 11.5 Å². The summed E-state index contributed by atoms with van der Waals surface area (Å²) in [6.07, 6.45) is 3.00. The third kappa shape index (κ3) is 6.80. The van der Waals surface area contributed by atoms with Crippen LogP contribution in [0.25, 0.3) is 6.08 Å². The largest absolute Gasteiger partial charge is 0.491 e. The Balaban J connectivity index is 1.89. The van der Waals surface area contributed by atoms with E-state index in [0.717, 1.165) is 0 Å². The normalized spacial score (nSPS) is 11.4. The third-order valence-electron chi connectivity index (χ3n) is 3.85. The zero-order valence-corrected chi connectivity index (χ0v) is 17.8. The van der Waals surface area contributed by atoms with E-state index in [4.69, 9.17) is 25.8 Å². The number of esters is 1. The van der Waals surface area contributed by atoms with Crippen molar-refractivity contribution in [1.29, 1.82) is 0 Å². The molecular weight excluding hydrogens is 416 g/mol. The summed E-state index contributed by atoms with van der Waals surface area (Å²) >= 11 is 6.17. The molecule has 156 valence electrons. The minimum absolute atomic E-state index is 0.00278. The van der Waals surface area contributed by atoms with Crippen LogP contribution in [0.5, 0.6) is 11.5 Å². The molecule has 0 heterocycles. The number of hydrogen-bond acceptors (Lipinski definition) is 6. The van der Waals surface area contributed by atoms with Gasteiger partial charge in [0.2, 0.25) is 0 Å². The summed E-state index contributed by atoms with van der Waals surface area (Å²) in [5, 5.41) is 0.359. The van der Waals surface area contributed by atoms with Crippen LogP contribution in [0, 0.1) is 0 Å². The van der Waals surface area contributed by atoms with Gasteiger partial charge in [-0.3, -0.25) is 0 Å². The fourth-order valence-corrected chi connectivity index (χ4v) is 4.13. The van der Waals surface area contributed by atoms with Crippen LogP contribution in [0.15, 0.2) is 53.4 Å². The standard InChI is InChI=1S/C21H23ClO6S/c1-3-27-19-15-16(14-18(22)21(19)26-2)10-11-20(23)28-12-7-13-29(24,25)17-8-5-4-6-9-17/h4-6,8-11,14-15H,3,7,12-13H2,1-2H3. The number of halogens is 1. The molecule has 0 bridgehead atoms. The van der Waals surface area contributed by atoms with Gasteiger partial charge in [0.05, 0.1) is 36.0 Å². The van der Waals surface area contributed by atoms with Crippen LogP contribution in [-0.2, 0) is 19.4 Å². The Morgan fingerprint density at radius 3 is 2.55 bits per heavy atom. The molecule has 6 nitrogen and oxygen atoms in total. The molecule has 0 aliphatic heterocycles. The lowest BCUT2D eigenvalue weighted by Gasteiger charge is -2.11. The van der Waals surface area contributed by atoms with Crippen LogP contribution in [-0.4, -0.2) is 40.5 Å². The number of hydrogen-bond donors (Lipinski definition) is 0. The summed E-state index contributed by atoms with van der Waals surface area (Å²) in [6.45, 7) is 2.28. The molecule has 0 radical (unpaired) electrons. The van der Waals surface area contributed by atoms with Crippen LogP contribution < -0.4 is 9.47 Å². The maximum Gasteiger partial charge on any atom is 0.330 e. The summed E-state index contributed by atoms with van der Waals surface area (Å²) < 4.78 is 40.1. The molecule has 2 aromatic carbocycles. The predicted molar refractivity (Wildman–Crippen MR) is 112 cm³/mol. The van der Waals surface area contributed by atoms with Gasteiger partial charge in [0.15, 0.2) is 21.3 Å². The molecule has 29 heavy (non-hydrogen) atoms. The highest BCUT2D eigenvalue weighted by molar-refractivity contribution is 7.91. The molecule has 0 aromatic heterocycles. The molecule has 0 spiro atoms. The smallest absolute Gasteiger partial charge is 0.330 e. The van der Waals surface area contributed by atoms with E-state index in [2.05, 4.69) is 0 Å². The molecule has 0 atom stereocenters. The number of ether oxygens (including phenoxy) is 3. The predicted octanol–water partition coefficient (Wildman–Crippen LogP) is 4.17. The Hall–Kier alpha value is -2.51. The van der Waals surface area contributed by atoms with Crippen molar-refractivity contribution < 1.29 is 27.4 Å². The number of methoxy groups -OCH3 is 1. The first-order valence-electron chi connectivity index (χ1n) is 9.00. The number of sulfone groups is 1. The highest BCUT2D eigenvalue weighted by Crippen LogP contribution is 2.36. The van der Waals surface area contributed by atoms with E-state index in [9.17, 15) is 13.2 Å². The highest BCUT2D eigenvalue weighted by atomic mass is 35.5. The van der Waals surface area contributed by atoms with E-state index >= 15 is 0 Å². The van der Waals surface area contributed by atoms with E-state index in [1.165, 1.54) is 19.3 Å². The molecule has 0 aliphatic rings. The SMILES string of the molecule is CCOc1cc(C=CC(=O)OCCCS(=O)(=O)c2ccccc2)cc(Cl)c1OC. The molecule has 0 saturated carbocycles. The van der Waals surface area contributed by atoms with Gasteiger partial charge in [0, 0.05) is 6.08 Å². The summed E-state index contributed by atoms with van der Waals surface area (Å²) in [4.78, 5) is 12.1. The second kappa shape index (κ2) is 10.9. The number of rotatable bonds is 10.